The topological polar surface area (TPSA) is 70.2 Å². The molecule has 1 unspecified atom stereocenters. The lowest BCUT2D eigenvalue weighted by Gasteiger charge is -2.15. The number of anilines is 1. The van der Waals surface area contributed by atoms with Crippen LogP contribution < -0.4 is 16.0 Å². The highest BCUT2D eigenvalue weighted by atomic mass is 35.5. The number of halogens is 1. The van der Waals surface area contributed by atoms with Crippen molar-refractivity contribution in [1.29, 1.82) is 0 Å². The number of rotatable bonds is 5. The average Bonchev–Trinajstić information content (AvgIpc) is 2.90. The summed E-state index contributed by atoms with van der Waals surface area (Å²) in [4.78, 5) is 24.3. The molecule has 1 aliphatic rings. The summed E-state index contributed by atoms with van der Waals surface area (Å²) in [5.41, 5.74) is 0.875. The van der Waals surface area contributed by atoms with Crippen molar-refractivity contribution >= 4 is 29.1 Å². The van der Waals surface area contributed by atoms with Gasteiger partial charge in [0, 0.05) is 23.5 Å². The first-order valence-corrected chi connectivity index (χ1v) is 7.97. The van der Waals surface area contributed by atoms with E-state index in [1.54, 1.807) is 18.2 Å². The van der Waals surface area contributed by atoms with Gasteiger partial charge in [0.25, 0.3) is 5.91 Å². The number of hydrogen-bond acceptors (Lipinski definition) is 3. The largest absolute Gasteiger partial charge is 0.350 e. The number of hydrogen-bond donors (Lipinski definition) is 3. The first kappa shape index (κ1) is 16.8. The van der Waals surface area contributed by atoms with Crippen molar-refractivity contribution in [3.63, 3.8) is 0 Å². The smallest absolute Gasteiger partial charge is 0.253 e. The van der Waals surface area contributed by atoms with E-state index in [2.05, 4.69) is 16.0 Å². The monoisotopic (exact) mass is 323 g/mol. The fourth-order valence-electron chi connectivity index (χ4n) is 2.51. The van der Waals surface area contributed by atoms with E-state index in [4.69, 9.17) is 11.6 Å². The highest BCUT2D eigenvalue weighted by Gasteiger charge is 2.19. The van der Waals surface area contributed by atoms with Gasteiger partial charge in [0.15, 0.2) is 0 Å². The molecule has 120 valence electrons. The minimum absolute atomic E-state index is 0.0226. The van der Waals surface area contributed by atoms with E-state index in [0.717, 1.165) is 19.4 Å². The molecular formula is C16H22ClN3O2. The first-order valence-electron chi connectivity index (χ1n) is 7.59. The molecule has 5 nitrogen and oxygen atoms in total. The molecule has 1 aromatic carbocycles. The predicted octanol–water partition coefficient (Wildman–Crippen LogP) is 2.56. The van der Waals surface area contributed by atoms with Crippen LogP contribution in [0.25, 0.3) is 0 Å². The lowest BCUT2D eigenvalue weighted by atomic mass is 10.1. The number of nitrogens with one attached hydrogen (secondary N) is 3. The van der Waals surface area contributed by atoms with Crippen LogP contribution in [0.1, 0.15) is 43.5 Å². The Hall–Kier alpha value is -1.59. The molecule has 1 heterocycles. The fraction of sp³-hybridized carbons (Fsp3) is 0.500. The van der Waals surface area contributed by atoms with Gasteiger partial charge in [-0.25, -0.2) is 0 Å². The third kappa shape index (κ3) is 4.71. The van der Waals surface area contributed by atoms with Gasteiger partial charge >= 0.3 is 0 Å². The molecule has 1 atom stereocenters. The van der Waals surface area contributed by atoms with Crippen LogP contribution in [-0.4, -0.2) is 30.4 Å². The van der Waals surface area contributed by atoms with Gasteiger partial charge in [0.05, 0.1) is 11.3 Å². The molecule has 1 aromatic rings. The second kappa shape index (κ2) is 7.61. The van der Waals surface area contributed by atoms with E-state index < -0.39 is 0 Å². The van der Waals surface area contributed by atoms with Gasteiger partial charge in [0.1, 0.15) is 0 Å². The summed E-state index contributed by atoms with van der Waals surface area (Å²) in [6.07, 6.45) is 2.50. The molecule has 6 heteroatoms. The molecule has 0 aromatic heterocycles. The van der Waals surface area contributed by atoms with Gasteiger partial charge in [0.2, 0.25) is 5.91 Å². The zero-order chi connectivity index (χ0) is 16.1. The van der Waals surface area contributed by atoms with Crippen LogP contribution in [0.15, 0.2) is 18.2 Å². The molecule has 0 bridgehead atoms. The second-order valence-corrected chi connectivity index (χ2v) is 6.30. The number of carbonyl (C=O) groups is 2. The fourth-order valence-corrected chi connectivity index (χ4v) is 2.69. The molecule has 1 saturated heterocycles. The molecule has 2 rings (SSSR count). The van der Waals surface area contributed by atoms with Crippen molar-refractivity contribution < 1.29 is 9.59 Å². The summed E-state index contributed by atoms with van der Waals surface area (Å²) in [6.45, 7) is 4.73. The minimum atomic E-state index is -0.221. The maximum Gasteiger partial charge on any atom is 0.253 e. The second-order valence-electron chi connectivity index (χ2n) is 5.86. The molecule has 0 radical (unpaired) electrons. The van der Waals surface area contributed by atoms with Crippen LogP contribution in [0.4, 0.5) is 5.69 Å². The lowest BCUT2D eigenvalue weighted by Crippen LogP contribution is -2.31. The normalized spacial score (nSPS) is 17.5. The SMILES string of the molecule is CC(C)NC(=O)c1ccc(Cl)cc1NC(=O)CC1CCCN1. The van der Waals surface area contributed by atoms with Crippen LogP contribution in [0.5, 0.6) is 0 Å². The van der Waals surface area contributed by atoms with Crippen LogP contribution in [0.2, 0.25) is 5.02 Å². The summed E-state index contributed by atoms with van der Waals surface area (Å²) in [7, 11) is 0. The summed E-state index contributed by atoms with van der Waals surface area (Å²) in [5.74, 6) is -0.332. The molecule has 22 heavy (non-hydrogen) atoms. The zero-order valence-electron chi connectivity index (χ0n) is 12.9. The van der Waals surface area contributed by atoms with E-state index in [9.17, 15) is 9.59 Å². The Balaban J connectivity index is 2.09. The number of benzene rings is 1. The van der Waals surface area contributed by atoms with Gasteiger partial charge in [-0.15, -0.1) is 0 Å². The van der Waals surface area contributed by atoms with Gasteiger partial charge in [-0.1, -0.05) is 11.6 Å². The Kier molecular flexibility index (Phi) is 5.80. The Morgan fingerprint density at radius 2 is 2.18 bits per heavy atom. The standard InChI is InChI=1S/C16H22ClN3O2/c1-10(2)19-16(22)13-6-5-11(17)8-14(13)20-15(21)9-12-4-3-7-18-12/h5-6,8,10,12,18H,3-4,7,9H2,1-2H3,(H,19,22)(H,20,21). The zero-order valence-corrected chi connectivity index (χ0v) is 13.7. The Labute approximate surface area is 135 Å². The maximum absolute atomic E-state index is 12.2. The van der Waals surface area contributed by atoms with Crippen molar-refractivity contribution in [2.75, 3.05) is 11.9 Å². The molecule has 0 spiro atoms. The van der Waals surface area contributed by atoms with Crippen LogP contribution in [0, 0.1) is 0 Å². The van der Waals surface area contributed by atoms with Crippen molar-refractivity contribution in [3.05, 3.63) is 28.8 Å². The van der Waals surface area contributed by atoms with Crippen LogP contribution >= 0.6 is 11.6 Å². The van der Waals surface area contributed by atoms with Crippen LogP contribution in [-0.2, 0) is 4.79 Å². The van der Waals surface area contributed by atoms with E-state index >= 15 is 0 Å². The molecular weight excluding hydrogens is 302 g/mol. The average molecular weight is 324 g/mol. The quantitative estimate of drug-likeness (QED) is 0.780. The highest BCUT2D eigenvalue weighted by Crippen LogP contribution is 2.22. The van der Waals surface area contributed by atoms with Gasteiger partial charge in [-0.3, -0.25) is 9.59 Å². The van der Waals surface area contributed by atoms with Gasteiger partial charge < -0.3 is 16.0 Å². The van der Waals surface area contributed by atoms with E-state index in [-0.39, 0.29) is 23.9 Å². The van der Waals surface area contributed by atoms with Crippen molar-refractivity contribution in [1.82, 2.24) is 10.6 Å². The Morgan fingerprint density at radius 3 is 2.82 bits per heavy atom. The minimum Gasteiger partial charge on any atom is -0.350 e. The van der Waals surface area contributed by atoms with Gasteiger partial charge in [-0.05, 0) is 51.4 Å². The van der Waals surface area contributed by atoms with Crippen molar-refractivity contribution in [2.45, 2.75) is 45.2 Å². The van der Waals surface area contributed by atoms with E-state index in [1.807, 2.05) is 13.8 Å². The first-order chi connectivity index (χ1) is 10.5. The molecule has 0 saturated carbocycles. The predicted molar refractivity (Wildman–Crippen MR) is 88.3 cm³/mol. The van der Waals surface area contributed by atoms with Crippen molar-refractivity contribution in [2.24, 2.45) is 0 Å². The van der Waals surface area contributed by atoms with E-state index in [1.165, 1.54) is 0 Å². The molecule has 1 fully saturated rings. The van der Waals surface area contributed by atoms with E-state index in [0.29, 0.717) is 22.7 Å². The molecule has 3 N–H and O–H groups in total. The highest BCUT2D eigenvalue weighted by molar-refractivity contribution is 6.31. The maximum atomic E-state index is 12.2. The van der Waals surface area contributed by atoms with Crippen molar-refractivity contribution in [3.8, 4) is 0 Å². The Morgan fingerprint density at radius 1 is 1.41 bits per heavy atom. The summed E-state index contributed by atoms with van der Waals surface area (Å²) in [5, 5.41) is 9.39. The number of carbonyl (C=O) groups excluding carboxylic acids is 2. The summed E-state index contributed by atoms with van der Waals surface area (Å²) >= 11 is 5.99. The molecule has 2 amide bonds. The third-order valence-corrected chi connectivity index (χ3v) is 3.75. The summed E-state index contributed by atoms with van der Waals surface area (Å²) < 4.78 is 0. The summed E-state index contributed by atoms with van der Waals surface area (Å²) in [6, 6.07) is 5.12. The lowest BCUT2D eigenvalue weighted by molar-refractivity contribution is -0.116. The molecule has 0 aliphatic carbocycles. The Bertz CT molecular complexity index is 554. The number of amides is 2. The van der Waals surface area contributed by atoms with Crippen LogP contribution in [0.3, 0.4) is 0 Å². The third-order valence-electron chi connectivity index (χ3n) is 3.51. The van der Waals surface area contributed by atoms with Gasteiger partial charge in [-0.2, -0.15) is 0 Å². The molecule has 1 aliphatic heterocycles.